The van der Waals surface area contributed by atoms with E-state index in [0.717, 1.165) is 25.1 Å². The van der Waals surface area contributed by atoms with Gasteiger partial charge in [-0.05, 0) is 24.3 Å². The number of pyridine rings is 1. The lowest BCUT2D eigenvalue weighted by molar-refractivity contribution is 0.0694. The van der Waals surface area contributed by atoms with Crippen LogP contribution >= 0.6 is 0 Å². The number of rotatable bonds is 7. The summed E-state index contributed by atoms with van der Waals surface area (Å²) in [5, 5.41) is 9.23. The highest BCUT2D eigenvalue weighted by molar-refractivity contribution is 5.97. The van der Waals surface area contributed by atoms with Gasteiger partial charge in [0.05, 0.1) is 24.1 Å². The lowest BCUT2D eigenvalue weighted by Crippen LogP contribution is -2.41. The Balaban J connectivity index is 1.92. The molecule has 0 radical (unpaired) electrons. The Kier molecular flexibility index (Phi) is 4.76. The Hall–Kier alpha value is -2.68. The van der Waals surface area contributed by atoms with Gasteiger partial charge < -0.3 is 25.0 Å². The molecule has 2 aliphatic rings. The van der Waals surface area contributed by atoms with Gasteiger partial charge in [0.15, 0.2) is 11.6 Å². The molecule has 0 spiro atoms. The molecule has 2 saturated carbocycles. The minimum Gasteiger partial charge on any atom is -0.492 e. The van der Waals surface area contributed by atoms with Crippen LogP contribution in [0.25, 0.3) is 10.9 Å². The number of fused-ring (bicyclic) bond motifs is 1. The van der Waals surface area contributed by atoms with Gasteiger partial charge in [0, 0.05) is 32.3 Å². The molecule has 7 nitrogen and oxygen atoms in total. The molecular weight excluding hydrogens is 396 g/mol. The summed E-state index contributed by atoms with van der Waals surface area (Å²) in [6.07, 6.45) is 2.16. The number of nitrogens with zero attached hydrogens (tertiary/aromatic N) is 2. The number of halogens is 2. The number of hydrogen-bond donors (Lipinski definition) is 2. The number of nitrogens with two attached hydrogens (primary N) is 1. The van der Waals surface area contributed by atoms with E-state index in [-0.39, 0.29) is 40.2 Å². The van der Waals surface area contributed by atoms with Crippen LogP contribution in [0.15, 0.2) is 17.1 Å². The van der Waals surface area contributed by atoms with Crippen molar-refractivity contribution in [3.8, 4) is 5.75 Å². The quantitative estimate of drug-likeness (QED) is 0.714. The van der Waals surface area contributed by atoms with Gasteiger partial charge in [-0.15, -0.1) is 0 Å². The average Bonchev–Trinajstić information content (AvgIpc) is 3.59. The Morgan fingerprint density at radius 1 is 1.50 bits per heavy atom. The van der Waals surface area contributed by atoms with Crippen LogP contribution in [0.1, 0.15) is 42.6 Å². The second kappa shape index (κ2) is 6.94. The van der Waals surface area contributed by atoms with Crippen molar-refractivity contribution in [1.29, 1.82) is 0 Å². The lowest BCUT2D eigenvalue weighted by Gasteiger charge is -2.29. The molecule has 1 aromatic carbocycles. The number of hydrogen-bond acceptors (Lipinski definition) is 5. The maximum atomic E-state index is 15.2. The van der Waals surface area contributed by atoms with Crippen molar-refractivity contribution in [2.75, 3.05) is 25.6 Å². The van der Waals surface area contributed by atoms with Crippen LogP contribution in [-0.4, -0.2) is 48.6 Å². The second-order valence-electron chi connectivity index (χ2n) is 8.68. The van der Waals surface area contributed by atoms with Gasteiger partial charge in [-0.25, -0.2) is 13.6 Å². The molecule has 3 atom stereocenters. The van der Waals surface area contributed by atoms with Crippen molar-refractivity contribution in [1.82, 2.24) is 4.57 Å². The van der Waals surface area contributed by atoms with Gasteiger partial charge >= 0.3 is 5.97 Å². The van der Waals surface area contributed by atoms with Gasteiger partial charge in [0.25, 0.3) is 0 Å². The van der Waals surface area contributed by atoms with Crippen LogP contribution in [0.5, 0.6) is 5.75 Å². The summed E-state index contributed by atoms with van der Waals surface area (Å²) in [4.78, 5) is 25.9. The third-order valence-corrected chi connectivity index (χ3v) is 6.46. The Morgan fingerprint density at radius 3 is 2.63 bits per heavy atom. The number of carboxylic acids is 1. The molecule has 0 bridgehead atoms. The molecule has 2 aliphatic carbocycles. The number of alkyl halides is 1. The summed E-state index contributed by atoms with van der Waals surface area (Å²) < 4.78 is 36.0. The van der Waals surface area contributed by atoms with E-state index in [1.54, 1.807) is 11.9 Å². The molecule has 0 saturated heterocycles. The maximum Gasteiger partial charge on any atom is 0.341 e. The van der Waals surface area contributed by atoms with E-state index in [9.17, 15) is 19.1 Å². The van der Waals surface area contributed by atoms with Crippen molar-refractivity contribution in [2.24, 2.45) is 11.1 Å². The molecular formula is C21H25F2N3O4. The van der Waals surface area contributed by atoms with Crippen LogP contribution in [0, 0.1) is 11.2 Å². The number of methoxy groups -OCH3 is 1. The number of carbonyl (C=O) groups is 1. The van der Waals surface area contributed by atoms with Gasteiger partial charge in [-0.3, -0.25) is 4.79 Å². The number of ether oxygens (including phenoxy) is 1. The highest BCUT2D eigenvalue weighted by Crippen LogP contribution is 2.48. The molecule has 1 aromatic heterocycles. The zero-order valence-electron chi connectivity index (χ0n) is 17.1. The summed E-state index contributed by atoms with van der Waals surface area (Å²) >= 11 is 0. The molecule has 0 amide bonds. The Labute approximate surface area is 172 Å². The van der Waals surface area contributed by atoms with E-state index in [2.05, 4.69) is 6.92 Å². The fourth-order valence-electron chi connectivity index (χ4n) is 4.02. The summed E-state index contributed by atoms with van der Waals surface area (Å²) in [7, 11) is 3.02. The molecule has 3 N–H and O–H groups in total. The summed E-state index contributed by atoms with van der Waals surface area (Å²) in [6, 6.07) is 0.198. The van der Waals surface area contributed by atoms with Crippen LogP contribution in [-0.2, 0) is 0 Å². The Morgan fingerprint density at radius 2 is 2.13 bits per heavy atom. The predicted octanol–water partition coefficient (Wildman–Crippen LogP) is 2.69. The van der Waals surface area contributed by atoms with Gasteiger partial charge in [-0.1, -0.05) is 6.92 Å². The topological polar surface area (TPSA) is 97.8 Å². The number of anilines is 1. The third-order valence-electron chi connectivity index (χ3n) is 6.46. The van der Waals surface area contributed by atoms with E-state index in [0.29, 0.717) is 6.54 Å². The molecule has 2 fully saturated rings. The van der Waals surface area contributed by atoms with Crippen molar-refractivity contribution in [3.63, 3.8) is 0 Å². The molecule has 2 aromatic rings. The number of aromatic carboxylic acids is 1. The summed E-state index contributed by atoms with van der Waals surface area (Å²) in [6.45, 7) is 2.45. The number of aromatic nitrogens is 1. The van der Waals surface area contributed by atoms with Crippen LogP contribution in [0.4, 0.5) is 14.5 Å². The number of carboxylic acid groups (broad SMARTS) is 1. The monoisotopic (exact) mass is 421 g/mol. The molecule has 30 heavy (non-hydrogen) atoms. The first-order valence-electron chi connectivity index (χ1n) is 9.88. The average molecular weight is 421 g/mol. The largest absolute Gasteiger partial charge is 0.492 e. The van der Waals surface area contributed by atoms with E-state index < -0.39 is 35.0 Å². The van der Waals surface area contributed by atoms with Crippen molar-refractivity contribution in [2.45, 2.75) is 44.4 Å². The molecule has 9 heteroatoms. The van der Waals surface area contributed by atoms with Gasteiger partial charge in [0.1, 0.15) is 17.4 Å². The Bertz CT molecular complexity index is 1100. The summed E-state index contributed by atoms with van der Waals surface area (Å²) in [5.41, 5.74) is 5.26. The molecule has 4 rings (SSSR count). The zero-order chi connectivity index (χ0) is 22.0. The van der Waals surface area contributed by atoms with Gasteiger partial charge in [-0.2, -0.15) is 0 Å². The maximum absolute atomic E-state index is 15.2. The normalized spacial score (nSPS) is 22.6. The fourth-order valence-corrected chi connectivity index (χ4v) is 4.02. The minimum atomic E-state index is -1.45. The minimum absolute atomic E-state index is 0.0166. The molecule has 0 aliphatic heterocycles. The number of likely N-dealkylation sites (N-methyl/N-ethyl adjacent to an activating group) is 1. The van der Waals surface area contributed by atoms with E-state index in [1.165, 1.54) is 11.7 Å². The summed E-state index contributed by atoms with van der Waals surface area (Å²) in [5.74, 6) is -2.11. The highest BCUT2D eigenvalue weighted by Gasteiger charge is 2.44. The van der Waals surface area contributed by atoms with Crippen LogP contribution in [0.2, 0.25) is 0 Å². The van der Waals surface area contributed by atoms with Crippen molar-refractivity contribution >= 4 is 22.6 Å². The molecule has 0 unspecified atom stereocenters. The standard InChI is InChI=1S/C21H25F2N3O4/c1-21(4-5-21)15(24)9-25(2)17-13(23)6-10-16(19(17)30-3)26(14-7-12(14)22)8-11(18(10)27)20(28)29/h6,8,12,14-15H,4-5,7,9,24H2,1-3H3,(H,28,29)/t12-,14+,15+/m0/s1. The molecule has 1 heterocycles. The van der Waals surface area contributed by atoms with E-state index in [1.807, 2.05) is 0 Å². The predicted molar refractivity (Wildman–Crippen MR) is 109 cm³/mol. The molecule has 162 valence electrons. The zero-order valence-corrected chi connectivity index (χ0v) is 17.1. The SMILES string of the molecule is COc1c(N(C)C[C@@H](N)C2(C)CC2)c(F)cc2c(=O)c(C(=O)O)cn([C@@H]3C[C@@H]3F)c12. The second-order valence-corrected chi connectivity index (χ2v) is 8.68. The fraction of sp³-hybridized carbons (Fsp3) is 0.524. The van der Waals surface area contributed by atoms with E-state index >= 15 is 4.39 Å². The lowest BCUT2D eigenvalue weighted by atomic mass is 9.99. The third kappa shape index (κ3) is 3.21. The van der Waals surface area contributed by atoms with Crippen molar-refractivity contribution < 1.29 is 23.4 Å². The smallest absolute Gasteiger partial charge is 0.341 e. The van der Waals surface area contributed by atoms with Gasteiger partial charge in [0.2, 0.25) is 5.43 Å². The number of benzene rings is 1. The van der Waals surface area contributed by atoms with E-state index in [4.69, 9.17) is 10.5 Å². The van der Waals surface area contributed by atoms with Crippen LogP contribution < -0.4 is 20.8 Å². The first-order chi connectivity index (χ1) is 14.1. The first kappa shape index (κ1) is 20.6. The van der Waals surface area contributed by atoms with Crippen molar-refractivity contribution in [3.05, 3.63) is 33.9 Å². The van der Waals surface area contributed by atoms with Crippen LogP contribution in [0.3, 0.4) is 0 Å². The first-order valence-corrected chi connectivity index (χ1v) is 9.88. The highest BCUT2D eigenvalue weighted by atomic mass is 19.1.